The summed E-state index contributed by atoms with van der Waals surface area (Å²) in [5.41, 5.74) is 11.4. The maximum Gasteiger partial charge on any atom is 0.206 e. The van der Waals surface area contributed by atoms with Crippen molar-refractivity contribution in [3.63, 3.8) is 0 Å². The molecule has 4 aromatic rings. The van der Waals surface area contributed by atoms with Gasteiger partial charge in [-0.3, -0.25) is 4.40 Å². The van der Waals surface area contributed by atoms with Crippen molar-refractivity contribution in [1.82, 2.24) is 14.4 Å². The molecule has 1 saturated heterocycles. The SMILES string of the molecule is COc1cccc2c1nc(N)n1cc(Cc3ccccc3N3CCCCC3)nc21. The number of fused-ring (bicyclic) bond motifs is 3. The van der Waals surface area contributed by atoms with E-state index in [9.17, 15) is 0 Å². The number of hydrogen-bond donors (Lipinski definition) is 1. The van der Waals surface area contributed by atoms with Crippen LogP contribution in [0.15, 0.2) is 48.7 Å². The van der Waals surface area contributed by atoms with Crippen LogP contribution < -0.4 is 15.4 Å². The van der Waals surface area contributed by atoms with Crippen molar-refractivity contribution in [2.24, 2.45) is 0 Å². The standard InChI is InChI=1S/C23H25N5O/c1-29-20-11-7-9-18-21(20)26-23(24)28-15-17(25-22(18)28)14-16-8-3-4-10-19(16)27-12-5-2-6-13-27/h3-4,7-11,15H,2,5-6,12-14H2,1H3,(H2,24,26). The Morgan fingerprint density at radius 2 is 1.83 bits per heavy atom. The number of hydrogen-bond acceptors (Lipinski definition) is 5. The van der Waals surface area contributed by atoms with Crippen LogP contribution in [-0.2, 0) is 6.42 Å². The zero-order valence-electron chi connectivity index (χ0n) is 16.6. The zero-order chi connectivity index (χ0) is 19.8. The lowest BCUT2D eigenvalue weighted by Gasteiger charge is -2.30. The zero-order valence-corrected chi connectivity index (χ0v) is 16.6. The molecule has 0 unspecified atom stereocenters. The molecule has 6 heteroatoms. The molecule has 0 atom stereocenters. The van der Waals surface area contributed by atoms with E-state index in [1.807, 2.05) is 28.8 Å². The number of ether oxygens (including phenoxy) is 1. The van der Waals surface area contributed by atoms with Gasteiger partial charge in [-0.2, -0.15) is 0 Å². The third-order valence-electron chi connectivity index (χ3n) is 5.75. The molecule has 0 saturated carbocycles. The highest BCUT2D eigenvalue weighted by atomic mass is 16.5. The quantitative estimate of drug-likeness (QED) is 0.572. The summed E-state index contributed by atoms with van der Waals surface area (Å²) in [6.07, 6.45) is 6.62. The molecule has 1 aliphatic rings. The second kappa shape index (κ2) is 7.28. The third-order valence-corrected chi connectivity index (χ3v) is 5.75. The molecule has 2 N–H and O–H groups in total. The Bertz CT molecular complexity index is 1180. The van der Waals surface area contributed by atoms with Gasteiger partial charge in [-0.25, -0.2) is 9.97 Å². The topological polar surface area (TPSA) is 68.7 Å². The second-order valence-corrected chi connectivity index (χ2v) is 7.61. The van der Waals surface area contributed by atoms with Gasteiger partial charge in [0.05, 0.1) is 12.8 Å². The largest absolute Gasteiger partial charge is 0.494 e. The molecule has 0 radical (unpaired) electrons. The lowest BCUT2D eigenvalue weighted by atomic mass is 10.0. The molecular weight excluding hydrogens is 362 g/mol. The molecule has 29 heavy (non-hydrogen) atoms. The Balaban J connectivity index is 1.57. The van der Waals surface area contributed by atoms with Gasteiger partial charge in [0, 0.05) is 36.8 Å². The number of methoxy groups -OCH3 is 1. The summed E-state index contributed by atoms with van der Waals surface area (Å²) < 4.78 is 7.33. The number of nitrogens with two attached hydrogens (primary N) is 1. The Hall–Kier alpha value is -3.28. The second-order valence-electron chi connectivity index (χ2n) is 7.61. The molecule has 5 rings (SSSR count). The number of imidazole rings is 1. The van der Waals surface area contributed by atoms with Crippen molar-refractivity contribution in [3.8, 4) is 5.75 Å². The molecule has 0 bridgehead atoms. The number of nitrogens with zero attached hydrogens (tertiary/aromatic N) is 4. The Kier molecular flexibility index (Phi) is 4.46. The summed E-state index contributed by atoms with van der Waals surface area (Å²) in [7, 11) is 1.64. The minimum atomic E-state index is 0.417. The van der Waals surface area contributed by atoms with Gasteiger partial charge in [0.15, 0.2) is 0 Å². The van der Waals surface area contributed by atoms with Crippen molar-refractivity contribution < 1.29 is 4.74 Å². The average molecular weight is 387 g/mol. The van der Waals surface area contributed by atoms with E-state index in [2.05, 4.69) is 34.1 Å². The number of rotatable bonds is 4. The van der Waals surface area contributed by atoms with Crippen LogP contribution in [0.1, 0.15) is 30.5 Å². The first-order chi connectivity index (χ1) is 14.2. The van der Waals surface area contributed by atoms with Crippen molar-refractivity contribution in [3.05, 3.63) is 59.9 Å². The number of para-hydroxylation sites is 2. The van der Waals surface area contributed by atoms with Gasteiger partial charge in [-0.15, -0.1) is 0 Å². The minimum Gasteiger partial charge on any atom is -0.494 e. The normalized spacial score (nSPS) is 14.6. The highest BCUT2D eigenvalue weighted by Crippen LogP contribution is 2.30. The van der Waals surface area contributed by atoms with Crippen LogP contribution in [0.4, 0.5) is 11.6 Å². The maximum atomic E-state index is 6.25. The van der Waals surface area contributed by atoms with Crippen molar-refractivity contribution >= 4 is 28.2 Å². The van der Waals surface area contributed by atoms with E-state index in [1.54, 1.807) is 7.11 Å². The van der Waals surface area contributed by atoms with Gasteiger partial charge < -0.3 is 15.4 Å². The summed E-state index contributed by atoms with van der Waals surface area (Å²) in [6.45, 7) is 2.26. The van der Waals surface area contributed by atoms with E-state index in [1.165, 1.54) is 30.5 Å². The van der Waals surface area contributed by atoms with Crippen LogP contribution >= 0.6 is 0 Å². The summed E-state index contributed by atoms with van der Waals surface area (Å²) in [6, 6.07) is 14.5. The van der Waals surface area contributed by atoms with Crippen LogP contribution in [0, 0.1) is 0 Å². The van der Waals surface area contributed by atoms with Crippen molar-refractivity contribution in [2.75, 3.05) is 30.8 Å². The van der Waals surface area contributed by atoms with E-state index < -0.39 is 0 Å². The lowest BCUT2D eigenvalue weighted by molar-refractivity contribution is 0.419. The van der Waals surface area contributed by atoms with Crippen LogP contribution in [-0.4, -0.2) is 34.6 Å². The number of anilines is 2. The predicted molar refractivity (Wildman–Crippen MR) is 117 cm³/mol. The summed E-state index contributed by atoms with van der Waals surface area (Å²) >= 11 is 0. The van der Waals surface area contributed by atoms with E-state index in [4.69, 9.17) is 15.5 Å². The Morgan fingerprint density at radius 1 is 1.00 bits per heavy atom. The number of nitrogen functional groups attached to an aromatic ring is 1. The Morgan fingerprint density at radius 3 is 2.66 bits per heavy atom. The van der Waals surface area contributed by atoms with Crippen LogP contribution in [0.2, 0.25) is 0 Å². The van der Waals surface area contributed by atoms with Gasteiger partial charge in [-0.1, -0.05) is 24.3 Å². The molecule has 0 spiro atoms. The first kappa shape index (κ1) is 17.8. The summed E-state index contributed by atoms with van der Waals surface area (Å²) in [5, 5.41) is 0.939. The van der Waals surface area contributed by atoms with E-state index in [0.717, 1.165) is 41.8 Å². The van der Waals surface area contributed by atoms with Crippen molar-refractivity contribution in [2.45, 2.75) is 25.7 Å². The molecule has 2 aromatic carbocycles. The summed E-state index contributed by atoms with van der Waals surface area (Å²) in [5.74, 6) is 1.12. The molecule has 3 heterocycles. The molecule has 0 aliphatic carbocycles. The third kappa shape index (κ3) is 3.14. The molecule has 1 fully saturated rings. The molecule has 0 amide bonds. The van der Waals surface area contributed by atoms with Crippen LogP contribution in [0.5, 0.6) is 5.75 Å². The Labute approximate surface area is 169 Å². The highest BCUT2D eigenvalue weighted by molar-refractivity contribution is 5.96. The van der Waals surface area contributed by atoms with Gasteiger partial charge in [0.25, 0.3) is 0 Å². The lowest BCUT2D eigenvalue weighted by Crippen LogP contribution is -2.30. The fraction of sp³-hybridized carbons (Fsp3) is 0.304. The smallest absolute Gasteiger partial charge is 0.206 e. The van der Waals surface area contributed by atoms with Gasteiger partial charge in [0.2, 0.25) is 5.95 Å². The minimum absolute atomic E-state index is 0.417. The summed E-state index contributed by atoms with van der Waals surface area (Å²) in [4.78, 5) is 12.0. The van der Waals surface area contributed by atoms with E-state index in [-0.39, 0.29) is 0 Å². The first-order valence-corrected chi connectivity index (χ1v) is 10.2. The predicted octanol–water partition coefficient (Wildman–Crippen LogP) is 4.05. The molecule has 148 valence electrons. The van der Waals surface area contributed by atoms with E-state index >= 15 is 0 Å². The highest BCUT2D eigenvalue weighted by Gasteiger charge is 2.17. The molecular formula is C23H25N5O. The van der Waals surface area contributed by atoms with Gasteiger partial charge in [0.1, 0.15) is 16.9 Å². The van der Waals surface area contributed by atoms with E-state index in [0.29, 0.717) is 11.7 Å². The molecule has 6 nitrogen and oxygen atoms in total. The van der Waals surface area contributed by atoms with Gasteiger partial charge >= 0.3 is 0 Å². The van der Waals surface area contributed by atoms with Crippen molar-refractivity contribution in [1.29, 1.82) is 0 Å². The first-order valence-electron chi connectivity index (χ1n) is 10.2. The average Bonchev–Trinajstić information content (AvgIpc) is 3.19. The fourth-order valence-electron chi connectivity index (χ4n) is 4.33. The number of piperidine rings is 1. The molecule has 2 aromatic heterocycles. The van der Waals surface area contributed by atoms with Crippen LogP contribution in [0.3, 0.4) is 0 Å². The number of benzene rings is 2. The fourth-order valence-corrected chi connectivity index (χ4v) is 4.33. The monoisotopic (exact) mass is 387 g/mol. The van der Waals surface area contributed by atoms with Crippen LogP contribution in [0.25, 0.3) is 16.6 Å². The molecule has 1 aliphatic heterocycles. The maximum absolute atomic E-state index is 6.25. The van der Waals surface area contributed by atoms with Gasteiger partial charge in [-0.05, 0) is 43.0 Å². The number of aromatic nitrogens is 3.